The van der Waals surface area contributed by atoms with Gasteiger partial charge in [0.1, 0.15) is 0 Å². The summed E-state index contributed by atoms with van der Waals surface area (Å²) < 4.78 is 27.0. The number of hydrogen-bond acceptors (Lipinski definition) is 2. The SMILES string of the molecule is CC1CCC(C)N(S(=O)(=O)c2ccc(CBr)cc2)C1. The van der Waals surface area contributed by atoms with Crippen molar-refractivity contribution in [3.63, 3.8) is 0 Å². The largest absolute Gasteiger partial charge is 0.243 e. The second kappa shape index (κ2) is 5.94. The summed E-state index contributed by atoms with van der Waals surface area (Å²) in [5, 5.41) is 0.741. The van der Waals surface area contributed by atoms with Crippen LogP contribution in [0, 0.1) is 5.92 Å². The van der Waals surface area contributed by atoms with Crippen molar-refractivity contribution < 1.29 is 8.42 Å². The molecule has 3 nitrogen and oxygen atoms in total. The third-order valence-corrected chi connectivity index (χ3v) is 6.39. The molecule has 2 rings (SSSR count). The molecule has 2 unspecified atom stereocenters. The predicted molar refractivity (Wildman–Crippen MR) is 80.8 cm³/mol. The Bertz CT molecular complexity index is 527. The Balaban J connectivity index is 2.29. The van der Waals surface area contributed by atoms with Crippen molar-refractivity contribution in [1.29, 1.82) is 0 Å². The number of halogens is 1. The van der Waals surface area contributed by atoms with Crippen molar-refractivity contribution in [2.24, 2.45) is 5.92 Å². The highest BCUT2D eigenvalue weighted by Crippen LogP contribution is 2.28. The summed E-state index contributed by atoms with van der Waals surface area (Å²) in [6, 6.07) is 7.23. The normalized spacial score (nSPS) is 25.4. The van der Waals surface area contributed by atoms with E-state index in [1.165, 1.54) is 0 Å². The number of alkyl halides is 1. The standard InChI is InChI=1S/C14H20BrNO2S/c1-11-3-4-12(2)16(10-11)19(17,18)14-7-5-13(9-15)6-8-14/h5-8,11-12H,3-4,9-10H2,1-2H3. The average Bonchev–Trinajstić information content (AvgIpc) is 2.41. The lowest BCUT2D eigenvalue weighted by Gasteiger charge is -2.35. The van der Waals surface area contributed by atoms with E-state index in [-0.39, 0.29) is 6.04 Å². The van der Waals surface area contributed by atoms with Crippen LogP contribution in [-0.4, -0.2) is 25.3 Å². The van der Waals surface area contributed by atoms with Crippen molar-refractivity contribution in [2.45, 2.75) is 43.0 Å². The molecule has 0 bridgehead atoms. The first-order valence-electron chi connectivity index (χ1n) is 6.62. The zero-order valence-corrected chi connectivity index (χ0v) is 13.7. The quantitative estimate of drug-likeness (QED) is 0.787. The van der Waals surface area contributed by atoms with Gasteiger partial charge in [0.15, 0.2) is 0 Å². The Hall–Kier alpha value is -0.390. The molecule has 0 aliphatic carbocycles. The monoisotopic (exact) mass is 345 g/mol. The third-order valence-electron chi connectivity index (χ3n) is 3.74. The van der Waals surface area contributed by atoms with E-state index in [4.69, 9.17) is 0 Å². The number of nitrogens with zero attached hydrogens (tertiary/aromatic N) is 1. The number of rotatable bonds is 3. The molecule has 0 spiro atoms. The van der Waals surface area contributed by atoms with E-state index >= 15 is 0 Å². The van der Waals surface area contributed by atoms with Gasteiger partial charge in [-0.25, -0.2) is 8.42 Å². The summed E-state index contributed by atoms with van der Waals surface area (Å²) >= 11 is 3.37. The van der Waals surface area contributed by atoms with Crippen molar-refractivity contribution >= 4 is 26.0 Å². The molecule has 1 aliphatic rings. The Morgan fingerprint density at radius 1 is 1.21 bits per heavy atom. The van der Waals surface area contributed by atoms with Crippen LogP contribution in [0.5, 0.6) is 0 Å². The number of sulfonamides is 1. The first-order chi connectivity index (χ1) is 8.95. The summed E-state index contributed by atoms with van der Waals surface area (Å²) in [6.45, 7) is 4.74. The molecular formula is C14H20BrNO2S. The molecule has 1 aromatic carbocycles. The van der Waals surface area contributed by atoms with E-state index in [1.54, 1.807) is 16.4 Å². The van der Waals surface area contributed by atoms with E-state index in [2.05, 4.69) is 22.9 Å². The first-order valence-corrected chi connectivity index (χ1v) is 9.18. The second-order valence-electron chi connectivity index (χ2n) is 5.38. The summed E-state index contributed by atoms with van der Waals surface area (Å²) in [7, 11) is -3.35. The van der Waals surface area contributed by atoms with Crippen LogP contribution in [0.15, 0.2) is 29.2 Å². The van der Waals surface area contributed by atoms with E-state index in [1.807, 2.05) is 19.1 Å². The van der Waals surface area contributed by atoms with Crippen LogP contribution in [-0.2, 0) is 15.4 Å². The lowest BCUT2D eigenvalue weighted by atomic mass is 9.97. The van der Waals surface area contributed by atoms with Crippen LogP contribution in [0.2, 0.25) is 0 Å². The van der Waals surface area contributed by atoms with Gasteiger partial charge in [-0.2, -0.15) is 4.31 Å². The summed E-state index contributed by atoms with van der Waals surface area (Å²) in [6.07, 6.45) is 2.05. The maximum Gasteiger partial charge on any atom is 0.243 e. The molecule has 0 N–H and O–H groups in total. The number of benzene rings is 1. The van der Waals surface area contributed by atoms with Gasteiger partial charge in [0, 0.05) is 17.9 Å². The maximum atomic E-state index is 12.7. The zero-order chi connectivity index (χ0) is 14.0. The smallest absolute Gasteiger partial charge is 0.207 e. The van der Waals surface area contributed by atoms with Crippen molar-refractivity contribution in [3.05, 3.63) is 29.8 Å². The zero-order valence-electron chi connectivity index (χ0n) is 11.3. The third kappa shape index (κ3) is 3.20. The van der Waals surface area contributed by atoms with Gasteiger partial charge in [-0.15, -0.1) is 0 Å². The van der Waals surface area contributed by atoms with Gasteiger partial charge in [-0.1, -0.05) is 35.0 Å². The van der Waals surface area contributed by atoms with Crippen LogP contribution >= 0.6 is 15.9 Å². The lowest BCUT2D eigenvalue weighted by Crippen LogP contribution is -2.44. The van der Waals surface area contributed by atoms with Gasteiger partial charge in [-0.3, -0.25) is 0 Å². The molecule has 0 amide bonds. The van der Waals surface area contributed by atoms with Gasteiger partial charge in [0.25, 0.3) is 0 Å². The summed E-state index contributed by atoms with van der Waals surface area (Å²) in [5.41, 5.74) is 1.08. The van der Waals surface area contributed by atoms with Crippen LogP contribution in [0.1, 0.15) is 32.3 Å². The fourth-order valence-electron chi connectivity index (χ4n) is 2.47. The summed E-state index contributed by atoms with van der Waals surface area (Å²) in [4.78, 5) is 0.401. The Kier molecular flexibility index (Phi) is 4.69. The fraction of sp³-hybridized carbons (Fsp3) is 0.571. The number of piperidine rings is 1. The van der Waals surface area contributed by atoms with E-state index in [0.29, 0.717) is 17.4 Å². The molecule has 1 heterocycles. The topological polar surface area (TPSA) is 37.4 Å². The highest BCUT2D eigenvalue weighted by atomic mass is 79.9. The lowest BCUT2D eigenvalue weighted by molar-refractivity contribution is 0.218. The highest BCUT2D eigenvalue weighted by Gasteiger charge is 2.33. The molecule has 2 atom stereocenters. The molecule has 1 aromatic rings. The molecule has 0 aromatic heterocycles. The minimum absolute atomic E-state index is 0.0945. The molecule has 0 radical (unpaired) electrons. The van der Waals surface area contributed by atoms with E-state index in [9.17, 15) is 8.42 Å². The van der Waals surface area contributed by atoms with Crippen molar-refractivity contribution in [1.82, 2.24) is 4.31 Å². The molecule has 19 heavy (non-hydrogen) atoms. The molecule has 1 fully saturated rings. The molecule has 1 aliphatic heterocycles. The minimum atomic E-state index is -3.35. The molecule has 5 heteroatoms. The van der Waals surface area contributed by atoms with Crippen LogP contribution < -0.4 is 0 Å². The summed E-state index contributed by atoms with van der Waals surface area (Å²) in [5.74, 6) is 0.438. The van der Waals surface area contributed by atoms with Gasteiger partial charge < -0.3 is 0 Å². The number of hydrogen-bond donors (Lipinski definition) is 0. The molecule has 0 saturated carbocycles. The van der Waals surface area contributed by atoms with Crippen LogP contribution in [0.25, 0.3) is 0 Å². The first kappa shape index (κ1) is 15.0. The van der Waals surface area contributed by atoms with Gasteiger partial charge in [0.05, 0.1) is 4.90 Å². The average molecular weight is 346 g/mol. The predicted octanol–water partition coefficient (Wildman–Crippen LogP) is 3.39. The minimum Gasteiger partial charge on any atom is -0.207 e. The fourth-order valence-corrected chi connectivity index (χ4v) is 4.62. The highest BCUT2D eigenvalue weighted by molar-refractivity contribution is 9.08. The van der Waals surface area contributed by atoms with Crippen molar-refractivity contribution in [2.75, 3.05) is 6.54 Å². The Morgan fingerprint density at radius 2 is 1.84 bits per heavy atom. The van der Waals surface area contributed by atoms with Gasteiger partial charge >= 0.3 is 0 Å². The van der Waals surface area contributed by atoms with Crippen LogP contribution in [0.4, 0.5) is 0 Å². The Morgan fingerprint density at radius 3 is 2.42 bits per heavy atom. The van der Waals surface area contributed by atoms with Crippen molar-refractivity contribution in [3.8, 4) is 0 Å². The van der Waals surface area contributed by atoms with Gasteiger partial charge in [0.2, 0.25) is 10.0 Å². The van der Waals surface area contributed by atoms with Gasteiger partial charge in [-0.05, 0) is 43.4 Å². The molecule has 106 valence electrons. The maximum absolute atomic E-state index is 12.7. The second-order valence-corrected chi connectivity index (χ2v) is 7.84. The van der Waals surface area contributed by atoms with Crippen LogP contribution in [0.3, 0.4) is 0 Å². The molecular weight excluding hydrogens is 326 g/mol. The van der Waals surface area contributed by atoms with E-state index in [0.717, 1.165) is 23.7 Å². The Labute approximate surface area is 124 Å². The molecule has 1 saturated heterocycles. The van der Waals surface area contributed by atoms with E-state index < -0.39 is 10.0 Å².